The molecule has 11 heteroatoms. The molecule has 0 spiro atoms. The summed E-state index contributed by atoms with van der Waals surface area (Å²) in [7, 11) is 1.52. The quantitative estimate of drug-likeness (QED) is 0.551. The van der Waals surface area contributed by atoms with Crippen molar-refractivity contribution in [1.82, 2.24) is 9.97 Å². The van der Waals surface area contributed by atoms with Crippen molar-refractivity contribution in [2.24, 2.45) is 5.92 Å². The van der Waals surface area contributed by atoms with Crippen LogP contribution in [0.1, 0.15) is 6.42 Å². The summed E-state index contributed by atoms with van der Waals surface area (Å²) in [6.07, 6.45) is 0.0562. The average Bonchev–Trinajstić information content (AvgIpc) is 2.63. The zero-order valence-electron chi connectivity index (χ0n) is 9.69. The lowest BCUT2D eigenvalue weighted by Gasteiger charge is -2.15. The van der Waals surface area contributed by atoms with E-state index in [1.807, 2.05) is 0 Å². The molecule has 1 aromatic heterocycles. The van der Waals surface area contributed by atoms with Crippen LogP contribution in [0.2, 0.25) is 10.3 Å². The Morgan fingerprint density at radius 2 is 1.85 bits per heavy atom. The topological polar surface area (TPSA) is 80.2 Å². The molecular formula is C9H7BrCl3N3O3S. The van der Waals surface area contributed by atoms with E-state index in [1.165, 1.54) is 4.90 Å². The van der Waals surface area contributed by atoms with Crippen molar-refractivity contribution in [3.63, 3.8) is 0 Å². The Kier molecular flexibility index (Phi) is 4.80. The van der Waals surface area contributed by atoms with Crippen LogP contribution in [0.4, 0.5) is 5.95 Å². The predicted molar refractivity (Wildman–Crippen MR) is 79.9 cm³/mol. The van der Waals surface area contributed by atoms with Crippen molar-refractivity contribution in [2.45, 2.75) is 6.42 Å². The predicted octanol–water partition coefficient (Wildman–Crippen LogP) is 2.47. The second kappa shape index (κ2) is 5.92. The zero-order chi connectivity index (χ0) is 15.1. The van der Waals surface area contributed by atoms with Gasteiger partial charge in [0.2, 0.25) is 20.9 Å². The number of hydrogen-bond acceptors (Lipinski definition) is 5. The molecule has 0 bridgehead atoms. The van der Waals surface area contributed by atoms with Crippen LogP contribution in [-0.2, 0) is 13.8 Å². The number of anilines is 1. The molecule has 0 saturated carbocycles. The van der Waals surface area contributed by atoms with Crippen molar-refractivity contribution in [3.05, 3.63) is 14.8 Å². The molecule has 1 atom stereocenters. The van der Waals surface area contributed by atoms with Gasteiger partial charge < -0.3 is 0 Å². The number of hydrogen-bond donors (Lipinski definition) is 0. The van der Waals surface area contributed by atoms with E-state index in [-0.39, 0.29) is 40.9 Å². The Morgan fingerprint density at radius 3 is 2.35 bits per heavy atom. The lowest BCUT2D eigenvalue weighted by molar-refractivity contribution is -0.117. The number of aromatic nitrogens is 2. The van der Waals surface area contributed by atoms with Gasteiger partial charge in [-0.1, -0.05) is 23.2 Å². The third kappa shape index (κ3) is 3.73. The third-order valence-corrected chi connectivity index (χ3v) is 5.64. The summed E-state index contributed by atoms with van der Waals surface area (Å²) in [5.41, 5.74) is 0. The van der Waals surface area contributed by atoms with Crippen molar-refractivity contribution in [1.29, 1.82) is 0 Å². The molecule has 1 fully saturated rings. The number of rotatable bonds is 3. The first-order valence-electron chi connectivity index (χ1n) is 5.28. The smallest absolute Gasteiger partial charge is 0.235 e. The van der Waals surface area contributed by atoms with Crippen LogP contribution in [0.15, 0.2) is 4.47 Å². The number of amides is 1. The van der Waals surface area contributed by atoms with E-state index < -0.39 is 15.0 Å². The van der Waals surface area contributed by atoms with Crippen LogP contribution in [0.3, 0.4) is 0 Å². The molecular weight excluding hydrogens is 416 g/mol. The molecule has 20 heavy (non-hydrogen) atoms. The van der Waals surface area contributed by atoms with Gasteiger partial charge in [-0.15, -0.1) is 0 Å². The molecule has 2 rings (SSSR count). The first-order chi connectivity index (χ1) is 9.17. The average molecular weight is 424 g/mol. The van der Waals surface area contributed by atoms with Gasteiger partial charge in [-0.25, -0.2) is 8.42 Å². The summed E-state index contributed by atoms with van der Waals surface area (Å²) < 4.78 is 22.4. The fraction of sp³-hybridized carbons (Fsp3) is 0.444. The Labute approximate surface area is 138 Å². The molecule has 0 aliphatic carbocycles. The molecule has 1 saturated heterocycles. The minimum absolute atomic E-state index is 0.0441. The molecule has 1 aliphatic heterocycles. The third-order valence-electron chi connectivity index (χ3n) is 2.64. The van der Waals surface area contributed by atoms with E-state index in [4.69, 9.17) is 33.9 Å². The van der Waals surface area contributed by atoms with Gasteiger partial charge in [0.15, 0.2) is 0 Å². The second-order valence-electron chi connectivity index (χ2n) is 4.20. The Hall–Kier alpha value is -0.150. The van der Waals surface area contributed by atoms with E-state index in [9.17, 15) is 13.2 Å². The van der Waals surface area contributed by atoms with Crippen molar-refractivity contribution in [3.8, 4) is 0 Å². The molecule has 1 aromatic rings. The summed E-state index contributed by atoms with van der Waals surface area (Å²) in [6, 6.07) is 0. The van der Waals surface area contributed by atoms with Gasteiger partial charge >= 0.3 is 0 Å². The van der Waals surface area contributed by atoms with E-state index in [0.717, 1.165) is 0 Å². The highest BCUT2D eigenvalue weighted by molar-refractivity contribution is 9.10. The van der Waals surface area contributed by atoms with Gasteiger partial charge in [0.05, 0.1) is 10.2 Å². The van der Waals surface area contributed by atoms with Crippen LogP contribution in [-0.4, -0.2) is 36.6 Å². The van der Waals surface area contributed by atoms with E-state index in [2.05, 4.69) is 25.9 Å². The maximum atomic E-state index is 11.9. The molecule has 0 radical (unpaired) electrons. The molecule has 110 valence electrons. The maximum Gasteiger partial charge on any atom is 0.235 e. The fourth-order valence-electron chi connectivity index (χ4n) is 1.87. The minimum atomic E-state index is -3.67. The molecule has 2 heterocycles. The van der Waals surface area contributed by atoms with Crippen molar-refractivity contribution in [2.75, 3.05) is 17.2 Å². The standard InChI is InChI=1S/C9H7BrCl3N3O3S/c10-6-7(11)14-9(15-8(6)12)16-2-4(1-5(16)17)3-20(13,18)19/h4H,1-3H2. The van der Waals surface area contributed by atoms with Gasteiger partial charge in [-0.05, 0) is 15.9 Å². The Balaban J connectivity index is 2.24. The van der Waals surface area contributed by atoms with E-state index in [0.29, 0.717) is 4.47 Å². The lowest BCUT2D eigenvalue weighted by Crippen LogP contribution is -2.27. The highest BCUT2D eigenvalue weighted by Gasteiger charge is 2.35. The monoisotopic (exact) mass is 421 g/mol. The van der Waals surface area contributed by atoms with Crippen LogP contribution in [0.5, 0.6) is 0 Å². The maximum absolute atomic E-state index is 11.9. The fourth-order valence-corrected chi connectivity index (χ4v) is 3.75. The summed E-state index contributed by atoms with van der Waals surface area (Å²) in [5.74, 6) is -0.948. The summed E-state index contributed by atoms with van der Waals surface area (Å²) >= 11 is 14.8. The van der Waals surface area contributed by atoms with Crippen molar-refractivity contribution < 1.29 is 13.2 Å². The molecule has 0 N–H and O–H groups in total. The summed E-state index contributed by atoms with van der Waals surface area (Å²) in [6.45, 7) is 0.152. The van der Waals surface area contributed by atoms with Crippen LogP contribution in [0, 0.1) is 5.92 Å². The molecule has 1 amide bonds. The van der Waals surface area contributed by atoms with Gasteiger partial charge in [0.25, 0.3) is 0 Å². The SMILES string of the molecule is O=C1CC(CS(=O)(=O)Cl)CN1c1nc(Cl)c(Br)c(Cl)n1. The Bertz CT molecular complexity index is 647. The number of carbonyl (C=O) groups excluding carboxylic acids is 1. The normalized spacial score (nSPS) is 19.7. The number of carbonyl (C=O) groups is 1. The highest BCUT2D eigenvalue weighted by atomic mass is 79.9. The van der Waals surface area contributed by atoms with E-state index >= 15 is 0 Å². The molecule has 1 aliphatic rings. The van der Waals surface area contributed by atoms with Crippen LogP contribution in [0.25, 0.3) is 0 Å². The highest BCUT2D eigenvalue weighted by Crippen LogP contribution is 2.31. The number of halogens is 4. The molecule has 0 aromatic carbocycles. The van der Waals surface area contributed by atoms with Crippen LogP contribution >= 0.6 is 49.8 Å². The largest absolute Gasteiger partial charge is 0.280 e. The molecule has 6 nitrogen and oxygen atoms in total. The zero-order valence-corrected chi connectivity index (χ0v) is 14.4. The van der Waals surface area contributed by atoms with Crippen molar-refractivity contribution >= 4 is 70.7 Å². The van der Waals surface area contributed by atoms with E-state index in [1.54, 1.807) is 0 Å². The lowest BCUT2D eigenvalue weighted by atomic mass is 10.1. The second-order valence-corrected chi connectivity index (χ2v) is 8.53. The number of nitrogens with zero attached hydrogens (tertiary/aromatic N) is 3. The summed E-state index contributed by atoms with van der Waals surface area (Å²) in [4.78, 5) is 21.0. The first kappa shape index (κ1) is 16.2. The minimum Gasteiger partial charge on any atom is -0.280 e. The van der Waals surface area contributed by atoms with Gasteiger partial charge in [0, 0.05) is 29.6 Å². The first-order valence-corrected chi connectivity index (χ1v) is 9.31. The van der Waals surface area contributed by atoms with Gasteiger partial charge in [0.1, 0.15) is 10.3 Å². The molecule has 1 unspecified atom stereocenters. The van der Waals surface area contributed by atoms with Gasteiger partial charge in [-0.3, -0.25) is 9.69 Å². The summed E-state index contributed by atoms with van der Waals surface area (Å²) in [5, 5.41) is 0.141. The Morgan fingerprint density at radius 1 is 1.30 bits per heavy atom. The van der Waals surface area contributed by atoms with Gasteiger partial charge in [-0.2, -0.15) is 9.97 Å². The van der Waals surface area contributed by atoms with Crippen LogP contribution < -0.4 is 4.90 Å².